The molecule has 0 fully saturated rings. The van der Waals surface area contributed by atoms with Gasteiger partial charge in [0.15, 0.2) is 0 Å². The lowest BCUT2D eigenvalue weighted by atomic mass is 9.88. The Balaban J connectivity index is 2.61. The van der Waals surface area contributed by atoms with E-state index < -0.39 is 0 Å². The fourth-order valence-corrected chi connectivity index (χ4v) is 2.13. The first-order chi connectivity index (χ1) is 8.67. The Morgan fingerprint density at radius 1 is 1.28 bits per heavy atom. The highest BCUT2D eigenvalue weighted by Crippen LogP contribution is 2.18. The molecule has 0 saturated carbocycles. The Labute approximate surface area is 110 Å². The van der Waals surface area contributed by atoms with Crippen molar-refractivity contribution in [3.63, 3.8) is 0 Å². The van der Waals surface area contributed by atoms with Crippen LogP contribution in [0, 0.1) is 17.7 Å². The number of methoxy groups -OCH3 is 1. The van der Waals surface area contributed by atoms with Gasteiger partial charge in [0, 0.05) is 13.7 Å². The summed E-state index contributed by atoms with van der Waals surface area (Å²) >= 11 is 0. The van der Waals surface area contributed by atoms with Gasteiger partial charge in [-0.25, -0.2) is 4.39 Å². The van der Waals surface area contributed by atoms with E-state index in [1.54, 1.807) is 7.11 Å². The number of rotatable bonds is 8. The maximum absolute atomic E-state index is 12.9. The van der Waals surface area contributed by atoms with E-state index in [0.29, 0.717) is 11.8 Å². The Morgan fingerprint density at radius 3 is 2.50 bits per heavy atom. The molecule has 102 valence electrons. The van der Waals surface area contributed by atoms with Gasteiger partial charge in [0.25, 0.3) is 0 Å². The molecule has 0 saturated heterocycles. The number of benzene rings is 1. The van der Waals surface area contributed by atoms with Gasteiger partial charge in [0.2, 0.25) is 0 Å². The van der Waals surface area contributed by atoms with Crippen LogP contribution in [0.3, 0.4) is 0 Å². The summed E-state index contributed by atoms with van der Waals surface area (Å²) in [5.74, 6) is 0.821. The van der Waals surface area contributed by atoms with Crippen LogP contribution in [0.5, 0.6) is 0 Å². The molecule has 0 aliphatic carbocycles. The van der Waals surface area contributed by atoms with E-state index in [1.807, 2.05) is 12.1 Å². The summed E-state index contributed by atoms with van der Waals surface area (Å²) in [5.41, 5.74) is 1.18. The number of hydrogen-bond acceptors (Lipinski definition) is 2. The number of nitrogens with one attached hydrogen (secondary N) is 1. The first-order valence-electron chi connectivity index (χ1n) is 6.61. The number of halogens is 1. The van der Waals surface area contributed by atoms with Crippen molar-refractivity contribution in [1.29, 1.82) is 0 Å². The minimum Gasteiger partial charge on any atom is -0.384 e. The predicted molar refractivity (Wildman–Crippen MR) is 73.2 cm³/mol. The highest BCUT2D eigenvalue weighted by Gasteiger charge is 2.17. The zero-order valence-electron chi connectivity index (χ0n) is 11.6. The summed E-state index contributed by atoms with van der Waals surface area (Å²) in [6, 6.07) is 6.79. The molecule has 0 radical (unpaired) electrons. The van der Waals surface area contributed by atoms with Crippen LogP contribution in [-0.2, 0) is 11.2 Å². The molecule has 0 amide bonds. The highest BCUT2D eigenvalue weighted by atomic mass is 19.1. The zero-order chi connectivity index (χ0) is 13.4. The standard InChI is InChI=1S/C15H24FNO/c1-4-17-10-14(12(2)11-18-3)9-13-5-7-15(16)8-6-13/h5-8,12,14,17H,4,9-11H2,1-3H3. The van der Waals surface area contributed by atoms with Crippen molar-refractivity contribution in [2.75, 3.05) is 26.8 Å². The summed E-state index contributed by atoms with van der Waals surface area (Å²) in [6.07, 6.45) is 0.956. The van der Waals surface area contributed by atoms with Gasteiger partial charge in [0.1, 0.15) is 5.82 Å². The second kappa shape index (κ2) is 8.22. The number of ether oxygens (including phenoxy) is 1. The molecule has 0 aliphatic heterocycles. The van der Waals surface area contributed by atoms with Crippen molar-refractivity contribution in [2.24, 2.45) is 11.8 Å². The van der Waals surface area contributed by atoms with Crippen LogP contribution in [0.1, 0.15) is 19.4 Å². The smallest absolute Gasteiger partial charge is 0.123 e. The predicted octanol–water partition coefficient (Wildman–Crippen LogP) is 2.88. The van der Waals surface area contributed by atoms with Crippen LogP contribution >= 0.6 is 0 Å². The van der Waals surface area contributed by atoms with E-state index in [4.69, 9.17) is 4.74 Å². The van der Waals surface area contributed by atoms with Gasteiger partial charge in [-0.3, -0.25) is 0 Å². The molecule has 0 spiro atoms. The SMILES string of the molecule is CCNCC(Cc1ccc(F)cc1)C(C)COC. The van der Waals surface area contributed by atoms with Crippen LogP contribution in [0.15, 0.2) is 24.3 Å². The quantitative estimate of drug-likeness (QED) is 0.769. The van der Waals surface area contributed by atoms with E-state index in [2.05, 4.69) is 19.2 Å². The second-order valence-electron chi connectivity index (χ2n) is 4.83. The molecule has 2 unspecified atom stereocenters. The molecule has 1 N–H and O–H groups in total. The molecule has 0 aromatic heterocycles. The average Bonchev–Trinajstić information content (AvgIpc) is 2.37. The first-order valence-corrected chi connectivity index (χ1v) is 6.61. The zero-order valence-corrected chi connectivity index (χ0v) is 11.6. The van der Waals surface area contributed by atoms with Crippen molar-refractivity contribution < 1.29 is 9.13 Å². The largest absolute Gasteiger partial charge is 0.384 e. The van der Waals surface area contributed by atoms with Gasteiger partial charge < -0.3 is 10.1 Å². The molecule has 3 heteroatoms. The molecule has 18 heavy (non-hydrogen) atoms. The minimum atomic E-state index is -0.174. The summed E-state index contributed by atoms with van der Waals surface area (Å²) < 4.78 is 18.1. The summed E-state index contributed by atoms with van der Waals surface area (Å²) in [7, 11) is 1.73. The fourth-order valence-electron chi connectivity index (χ4n) is 2.13. The van der Waals surface area contributed by atoms with Crippen molar-refractivity contribution in [1.82, 2.24) is 5.32 Å². The van der Waals surface area contributed by atoms with Gasteiger partial charge >= 0.3 is 0 Å². The van der Waals surface area contributed by atoms with Crippen LogP contribution in [0.25, 0.3) is 0 Å². The maximum Gasteiger partial charge on any atom is 0.123 e. The van der Waals surface area contributed by atoms with Crippen LogP contribution in [0.2, 0.25) is 0 Å². The molecule has 1 aromatic rings. The Morgan fingerprint density at radius 2 is 1.94 bits per heavy atom. The third-order valence-corrected chi connectivity index (χ3v) is 3.30. The molecule has 2 nitrogen and oxygen atoms in total. The van der Waals surface area contributed by atoms with E-state index in [1.165, 1.54) is 17.7 Å². The van der Waals surface area contributed by atoms with Crippen molar-refractivity contribution in [3.8, 4) is 0 Å². The highest BCUT2D eigenvalue weighted by molar-refractivity contribution is 5.16. The van der Waals surface area contributed by atoms with E-state index >= 15 is 0 Å². The molecule has 1 aromatic carbocycles. The average molecular weight is 253 g/mol. The maximum atomic E-state index is 12.9. The van der Waals surface area contributed by atoms with Crippen LogP contribution in [-0.4, -0.2) is 26.8 Å². The van der Waals surface area contributed by atoms with Gasteiger partial charge in [0.05, 0.1) is 0 Å². The monoisotopic (exact) mass is 253 g/mol. The Kier molecular flexibility index (Phi) is 6.91. The topological polar surface area (TPSA) is 21.3 Å². The Bertz CT molecular complexity index is 326. The van der Waals surface area contributed by atoms with E-state index in [0.717, 1.165) is 26.1 Å². The first kappa shape index (κ1) is 15.1. The number of hydrogen-bond donors (Lipinski definition) is 1. The second-order valence-corrected chi connectivity index (χ2v) is 4.83. The minimum absolute atomic E-state index is 0.174. The van der Waals surface area contributed by atoms with Crippen LogP contribution < -0.4 is 5.32 Å². The third kappa shape index (κ3) is 5.15. The van der Waals surface area contributed by atoms with Gasteiger partial charge in [-0.05, 0) is 49.0 Å². The van der Waals surface area contributed by atoms with Crippen molar-refractivity contribution in [3.05, 3.63) is 35.6 Å². The van der Waals surface area contributed by atoms with Crippen molar-refractivity contribution in [2.45, 2.75) is 20.3 Å². The summed E-state index contributed by atoms with van der Waals surface area (Å²) in [4.78, 5) is 0. The molecule has 0 heterocycles. The van der Waals surface area contributed by atoms with E-state index in [9.17, 15) is 4.39 Å². The van der Waals surface area contributed by atoms with E-state index in [-0.39, 0.29) is 5.82 Å². The summed E-state index contributed by atoms with van der Waals surface area (Å²) in [6.45, 7) is 7.01. The molecular weight excluding hydrogens is 229 g/mol. The van der Waals surface area contributed by atoms with Crippen molar-refractivity contribution >= 4 is 0 Å². The normalized spacial score (nSPS) is 14.4. The lowest BCUT2D eigenvalue weighted by Crippen LogP contribution is -2.30. The molecule has 0 aliphatic rings. The lowest BCUT2D eigenvalue weighted by molar-refractivity contribution is 0.128. The van der Waals surface area contributed by atoms with Gasteiger partial charge in [-0.1, -0.05) is 26.0 Å². The Hall–Kier alpha value is -0.930. The molecular formula is C15H24FNO. The summed E-state index contributed by atoms with van der Waals surface area (Å²) in [5, 5.41) is 3.39. The molecule has 1 rings (SSSR count). The van der Waals surface area contributed by atoms with Gasteiger partial charge in [-0.2, -0.15) is 0 Å². The molecule has 2 atom stereocenters. The lowest BCUT2D eigenvalue weighted by Gasteiger charge is -2.24. The third-order valence-electron chi connectivity index (χ3n) is 3.30. The fraction of sp³-hybridized carbons (Fsp3) is 0.600. The molecule has 0 bridgehead atoms. The van der Waals surface area contributed by atoms with Crippen LogP contribution in [0.4, 0.5) is 4.39 Å². The van der Waals surface area contributed by atoms with Gasteiger partial charge in [-0.15, -0.1) is 0 Å².